The predicted octanol–water partition coefficient (Wildman–Crippen LogP) is 3.57. The van der Waals surface area contributed by atoms with Gasteiger partial charge in [0.15, 0.2) is 0 Å². The van der Waals surface area contributed by atoms with Crippen molar-refractivity contribution < 1.29 is 13.2 Å². The Morgan fingerprint density at radius 2 is 1.74 bits per heavy atom. The van der Waals surface area contributed by atoms with Crippen molar-refractivity contribution >= 4 is 43.5 Å². The monoisotopic (exact) mass is 470 g/mol. The predicted molar refractivity (Wildman–Crippen MR) is 109 cm³/mol. The number of hydrogen-bond donors (Lipinski definition) is 0. The fourth-order valence-electron chi connectivity index (χ4n) is 3.06. The average Bonchev–Trinajstić information content (AvgIpc) is 2.67. The van der Waals surface area contributed by atoms with Crippen LogP contribution < -0.4 is 0 Å². The minimum atomic E-state index is -3.55. The van der Waals surface area contributed by atoms with Crippen molar-refractivity contribution in [1.82, 2.24) is 9.21 Å². The molecule has 2 aromatic carbocycles. The molecule has 1 amide bonds. The molecule has 5 nitrogen and oxygen atoms in total. The summed E-state index contributed by atoms with van der Waals surface area (Å²) >= 11 is 9.43. The van der Waals surface area contributed by atoms with E-state index in [9.17, 15) is 13.2 Å². The first-order valence-electron chi connectivity index (χ1n) is 8.65. The molecule has 1 fully saturated rings. The van der Waals surface area contributed by atoms with E-state index >= 15 is 0 Å². The van der Waals surface area contributed by atoms with E-state index in [0.29, 0.717) is 44.0 Å². The summed E-state index contributed by atoms with van der Waals surface area (Å²) < 4.78 is 27.7. The highest BCUT2D eigenvalue weighted by atomic mass is 79.9. The fraction of sp³-hybridized carbons (Fsp3) is 0.316. The topological polar surface area (TPSA) is 57.7 Å². The molecule has 144 valence electrons. The maximum absolute atomic E-state index is 12.8. The Morgan fingerprint density at radius 3 is 2.41 bits per heavy atom. The normalized spacial score (nSPS) is 15.7. The Morgan fingerprint density at radius 1 is 1.04 bits per heavy atom. The molecule has 8 heteroatoms. The molecule has 0 bridgehead atoms. The van der Waals surface area contributed by atoms with E-state index in [-0.39, 0.29) is 10.8 Å². The Balaban J connectivity index is 1.57. The molecule has 1 aliphatic rings. The van der Waals surface area contributed by atoms with Crippen molar-refractivity contribution in [3.63, 3.8) is 0 Å². The van der Waals surface area contributed by atoms with Gasteiger partial charge in [-0.25, -0.2) is 8.42 Å². The summed E-state index contributed by atoms with van der Waals surface area (Å²) in [6.07, 6.45) is 0.942. The molecule has 27 heavy (non-hydrogen) atoms. The summed E-state index contributed by atoms with van der Waals surface area (Å²) in [5.41, 5.74) is 0.948. The van der Waals surface area contributed by atoms with E-state index in [1.54, 1.807) is 29.2 Å². The van der Waals surface area contributed by atoms with Crippen LogP contribution in [0.4, 0.5) is 0 Å². The van der Waals surface area contributed by atoms with Crippen LogP contribution in [-0.4, -0.2) is 49.7 Å². The Labute approximate surface area is 173 Å². The van der Waals surface area contributed by atoms with Crippen LogP contribution in [0.3, 0.4) is 0 Å². The van der Waals surface area contributed by atoms with Gasteiger partial charge in [-0.3, -0.25) is 4.79 Å². The van der Waals surface area contributed by atoms with Crippen molar-refractivity contribution in [2.75, 3.05) is 26.2 Å². The van der Waals surface area contributed by atoms with Gasteiger partial charge in [0.25, 0.3) is 0 Å². The number of amides is 1. The summed E-state index contributed by atoms with van der Waals surface area (Å²) in [5, 5.41) is 0.662. The van der Waals surface area contributed by atoms with Crippen LogP contribution in [0.5, 0.6) is 0 Å². The number of halogens is 2. The lowest BCUT2D eigenvalue weighted by Gasteiger charge is -2.34. The Bertz CT molecular complexity index is 928. The highest BCUT2D eigenvalue weighted by molar-refractivity contribution is 9.10. The van der Waals surface area contributed by atoms with Gasteiger partial charge in [-0.2, -0.15) is 4.31 Å². The van der Waals surface area contributed by atoms with Crippen LogP contribution in [0.2, 0.25) is 5.02 Å². The lowest BCUT2D eigenvalue weighted by molar-refractivity contribution is -0.132. The number of benzene rings is 2. The zero-order chi connectivity index (χ0) is 19.4. The number of piperazine rings is 1. The van der Waals surface area contributed by atoms with Gasteiger partial charge in [0.2, 0.25) is 15.9 Å². The second-order valence-corrected chi connectivity index (χ2v) is 9.59. The molecule has 0 spiro atoms. The van der Waals surface area contributed by atoms with Gasteiger partial charge < -0.3 is 4.90 Å². The number of hydrogen-bond acceptors (Lipinski definition) is 3. The number of sulfonamides is 1. The average molecular weight is 472 g/mol. The second kappa shape index (κ2) is 8.73. The van der Waals surface area contributed by atoms with Crippen molar-refractivity contribution in [2.45, 2.75) is 17.7 Å². The molecule has 0 radical (unpaired) electrons. The van der Waals surface area contributed by atoms with E-state index in [2.05, 4.69) is 15.9 Å². The van der Waals surface area contributed by atoms with Crippen LogP contribution in [0.15, 0.2) is 57.9 Å². The third-order valence-electron chi connectivity index (χ3n) is 4.59. The van der Waals surface area contributed by atoms with Crippen molar-refractivity contribution in [3.05, 3.63) is 63.6 Å². The van der Waals surface area contributed by atoms with Crippen LogP contribution in [0.1, 0.15) is 12.0 Å². The molecule has 2 aromatic rings. The van der Waals surface area contributed by atoms with Crippen LogP contribution in [0.25, 0.3) is 0 Å². The smallest absolute Gasteiger partial charge is 0.243 e. The van der Waals surface area contributed by atoms with Gasteiger partial charge in [0.1, 0.15) is 0 Å². The molecule has 1 aliphatic heterocycles. The number of carbonyl (C=O) groups is 1. The zero-order valence-electron chi connectivity index (χ0n) is 14.6. The minimum Gasteiger partial charge on any atom is -0.340 e. The highest BCUT2D eigenvalue weighted by Gasteiger charge is 2.30. The van der Waals surface area contributed by atoms with E-state index < -0.39 is 10.0 Å². The molecule has 0 aromatic heterocycles. The molecule has 1 saturated heterocycles. The molecule has 0 N–H and O–H groups in total. The van der Waals surface area contributed by atoms with Gasteiger partial charge in [-0.1, -0.05) is 51.8 Å². The summed E-state index contributed by atoms with van der Waals surface area (Å²) in [6, 6.07) is 14.2. The molecule has 0 saturated carbocycles. The van der Waals surface area contributed by atoms with Crippen molar-refractivity contribution in [2.24, 2.45) is 0 Å². The number of rotatable bonds is 5. The lowest BCUT2D eigenvalue weighted by atomic mass is 10.1. The first kappa shape index (κ1) is 20.3. The second-order valence-electron chi connectivity index (χ2n) is 6.33. The standard InChI is InChI=1S/C19H20BrClN2O3S/c20-16-5-3-6-17(14-16)27(25,26)23-12-10-22(11-13-23)19(24)9-8-15-4-1-2-7-18(15)21/h1-7,14H,8-13H2. The van der Waals surface area contributed by atoms with Crippen molar-refractivity contribution in [1.29, 1.82) is 0 Å². The van der Waals surface area contributed by atoms with Gasteiger partial charge in [0, 0.05) is 42.1 Å². The van der Waals surface area contributed by atoms with Crippen LogP contribution in [-0.2, 0) is 21.2 Å². The van der Waals surface area contributed by atoms with Crippen molar-refractivity contribution in [3.8, 4) is 0 Å². The molecule has 3 rings (SSSR count). The number of aryl methyl sites for hydroxylation is 1. The summed E-state index contributed by atoms with van der Waals surface area (Å²) in [5.74, 6) is 0.0226. The maximum atomic E-state index is 12.8. The summed E-state index contributed by atoms with van der Waals surface area (Å²) in [4.78, 5) is 14.4. The quantitative estimate of drug-likeness (QED) is 0.670. The van der Waals surface area contributed by atoms with E-state index in [1.165, 1.54) is 4.31 Å². The molecular formula is C19H20BrClN2O3S. The lowest BCUT2D eigenvalue weighted by Crippen LogP contribution is -2.50. The highest BCUT2D eigenvalue weighted by Crippen LogP contribution is 2.22. The molecule has 0 unspecified atom stereocenters. The van der Waals surface area contributed by atoms with E-state index in [1.807, 2.05) is 24.3 Å². The molecule has 1 heterocycles. The van der Waals surface area contributed by atoms with Gasteiger partial charge in [-0.05, 0) is 36.2 Å². The maximum Gasteiger partial charge on any atom is 0.243 e. The van der Waals surface area contributed by atoms with Gasteiger partial charge >= 0.3 is 0 Å². The first-order chi connectivity index (χ1) is 12.9. The van der Waals surface area contributed by atoms with Gasteiger partial charge in [0.05, 0.1) is 4.90 Å². The summed E-state index contributed by atoms with van der Waals surface area (Å²) in [6.45, 7) is 1.39. The van der Waals surface area contributed by atoms with E-state index in [0.717, 1.165) is 10.0 Å². The Kier molecular flexibility index (Phi) is 6.57. The molecular weight excluding hydrogens is 452 g/mol. The zero-order valence-corrected chi connectivity index (χ0v) is 17.8. The largest absolute Gasteiger partial charge is 0.340 e. The molecule has 0 atom stereocenters. The van der Waals surface area contributed by atoms with Crippen LogP contribution in [0, 0.1) is 0 Å². The van der Waals surface area contributed by atoms with E-state index in [4.69, 9.17) is 11.6 Å². The third kappa shape index (κ3) is 4.90. The summed E-state index contributed by atoms with van der Waals surface area (Å²) in [7, 11) is -3.55. The first-order valence-corrected chi connectivity index (χ1v) is 11.3. The third-order valence-corrected chi connectivity index (χ3v) is 7.35. The van der Waals surface area contributed by atoms with Gasteiger partial charge in [-0.15, -0.1) is 0 Å². The number of carbonyl (C=O) groups excluding carboxylic acids is 1. The Hall–Kier alpha value is -1.41. The SMILES string of the molecule is O=C(CCc1ccccc1Cl)N1CCN(S(=O)(=O)c2cccc(Br)c2)CC1. The molecule has 0 aliphatic carbocycles. The fourth-order valence-corrected chi connectivity index (χ4v) is 5.30. The van der Waals surface area contributed by atoms with Crippen LogP contribution >= 0.6 is 27.5 Å². The minimum absolute atomic E-state index is 0.0226. The number of nitrogens with zero attached hydrogens (tertiary/aromatic N) is 2.